The molecule has 32 heavy (non-hydrogen) atoms. The summed E-state index contributed by atoms with van der Waals surface area (Å²) >= 11 is 1.36. The van der Waals surface area contributed by atoms with E-state index in [0.717, 1.165) is 16.8 Å². The molecule has 0 fully saturated rings. The quantitative estimate of drug-likeness (QED) is 0.366. The maximum absolute atomic E-state index is 13.5. The first-order valence-electron chi connectivity index (χ1n) is 10.4. The molecule has 0 saturated heterocycles. The van der Waals surface area contributed by atoms with Crippen LogP contribution in [0.4, 0.5) is 5.69 Å². The molecular formula is C25H24N4O2S. The normalized spacial score (nSPS) is 11.7. The van der Waals surface area contributed by atoms with E-state index in [9.17, 15) is 4.79 Å². The summed E-state index contributed by atoms with van der Waals surface area (Å²) in [4.78, 5) is 13.5. The molecule has 0 radical (unpaired) electrons. The van der Waals surface area contributed by atoms with Crippen molar-refractivity contribution >= 4 is 23.4 Å². The van der Waals surface area contributed by atoms with Crippen molar-refractivity contribution in [2.24, 2.45) is 0 Å². The number of rotatable bonds is 8. The van der Waals surface area contributed by atoms with E-state index in [2.05, 4.69) is 15.5 Å². The summed E-state index contributed by atoms with van der Waals surface area (Å²) in [6, 6.07) is 25.1. The van der Waals surface area contributed by atoms with Crippen LogP contribution in [-0.4, -0.2) is 27.3 Å². The number of anilines is 1. The third kappa shape index (κ3) is 4.84. The van der Waals surface area contributed by atoms with Crippen molar-refractivity contribution in [3.63, 3.8) is 0 Å². The number of aromatic nitrogens is 3. The van der Waals surface area contributed by atoms with Gasteiger partial charge in [0.05, 0.1) is 18.0 Å². The predicted octanol–water partition coefficient (Wildman–Crippen LogP) is 5.45. The van der Waals surface area contributed by atoms with E-state index in [1.807, 2.05) is 97.3 Å². The zero-order valence-corrected chi connectivity index (χ0v) is 18.8. The Morgan fingerprint density at radius 3 is 2.53 bits per heavy atom. The Morgan fingerprint density at radius 2 is 1.75 bits per heavy atom. The van der Waals surface area contributed by atoms with E-state index < -0.39 is 5.25 Å². The van der Waals surface area contributed by atoms with E-state index in [-0.39, 0.29) is 5.91 Å². The zero-order valence-electron chi connectivity index (χ0n) is 17.9. The number of hydrogen-bond donors (Lipinski definition) is 1. The van der Waals surface area contributed by atoms with Gasteiger partial charge in [-0.1, -0.05) is 72.4 Å². The minimum Gasteiger partial charge on any atom is -0.492 e. The summed E-state index contributed by atoms with van der Waals surface area (Å²) in [5.41, 5.74) is 3.60. The van der Waals surface area contributed by atoms with Gasteiger partial charge < -0.3 is 10.1 Å². The molecule has 1 amide bonds. The van der Waals surface area contributed by atoms with Gasteiger partial charge in [0.2, 0.25) is 5.91 Å². The maximum Gasteiger partial charge on any atom is 0.242 e. The fourth-order valence-electron chi connectivity index (χ4n) is 3.36. The molecular weight excluding hydrogens is 420 g/mol. The van der Waals surface area contributed by atoms with Gasteiger partial charge in [-0.3, -0.25) is 9.36 Å². The smallest absolute Gasteiger partial charge is 0.242 e. The van der Waals surface area contributed by atoms with Crippen LogP contribution in [0.15, 0.2) is 90.3 Å². The Hall–Kier alpha value is -3.58. The summed E-state index contributed by atoms with van der Waals surface area (Å²) in [5.74, 6) is 0.482. The second-order valence-corrected chi connectivity index (χ2v) is 8.17. The van der Waals surface area contributed by atoms with Crippen molar-refractivity contribution in [3.8, 4) is 11.4 Å². The number of carbonyl (C=O) groups is 1. The van der Waals surface area contributed by atoms with E-state index >= 15 is 0 Å². The Labute approximate surface area is 191 Å². The first-order chi connectivity index (χ1) is 15.7. The summed E-state index contributed by atoms with van der Waals surface area (Å²) in [7, 11) is 0. The lowest BCUT2D eigenvalue weighted by atomic mass is 10.1. The second kappa shape index (κ2) is 10.2. The lowest BCUT2D eigenvalue weighted by molar-refractivity contribution is -0.115. The molecule has 1 heterocycles. The molecule has 6 nitrogen and oxygen atoms in total. The van der Waals surface area contributed by atoms with E-state index in [4.69, 9.17) is 4.74 Å². The van der Waals surface area contributed by atoms with Crippen molar-refractivity contribution in [2.75, 3.05) is 11.9 Å². The van der Waals surface area contributed by atoms with Gasteiger partial charge in [-0.2, -0.15) is 0 Å². The molecule has 7 heteroatoms. The molecule has 1 unspecified atom stereocenters. The Morgan fingerprint density at radius 1 is 1.03 bits per heavy atom. The largest absolute Gasteiger partial charge is 0.492 e. The number of benzene rings is 3. The fourth-order valence-corrected chi connectivity index (χ4v) is 4.38. The Bertz CT molecular complexity index is 1190. The lowest BCUT2D eigenvalue weighted by Crippen LogP contribution is -2.20. The van der Waals surface area contributed by atoms with Crippen LogP contribution in [0.3, 0.4) is 0 Å². The molecule has 0 saturated carbocycles. The molecule has 1 atom stereocenters. The molecule has 0 aliphatic rings. The number of hydrogen-bond acceptors (Lipinski definition) is 5. The van der Waals surface area contributed by atoms with Crippen LogP contribution >= 0.6 is 11.8 Å². The van der Waals surface area contributed by atoms with Crippen molar-refractivity contribution in [1.82, 2.24) is 14.8 Å². The number of para-hydroxylation sites is 3. The predicted molar refractivity (Wildman–Crippen MR) is 127 cm³/mol. The van der Waals surface area contributed by atoms with Gasteiger partial charge in [0.25, 0.3) is 0 Å². The van der Waals surface area contributed by atoms with Crippen molar-refractivity contribution in [3.05, 3.63) is 96.3 Å². The van der Waals surface area contributed by atoms with Gasteiger partial charge in [0, 0.05) is 0 Å². The molecule has 4 rings (SSSR count). The zero-order chi connectivity index (χ0) is 22.3. The highest BCUT2D eigenvalue weighted by Gasteiger charge is 2.26. The minimum atomic E-state index is -0.530. The molecule has 4 aromatic rings. The van der Waals surface area contributed by atoms with Gasteiger partial charge in [-0.05, 0) is 43.2 Å². The van der Waals surface area contributed by atoms with Crippen LogP contribution in [0, 0.1) is 6.92 Å². The van der Waals surface area contributed by atoms with E-state index in [1.54, 1.807) is 6.33 Å². The number of aryl methyl sites for hydroxylation is 1. The van der Waals surface area contributed by atoms with Crippen LogP contribution in [0.2, 0.25) is 0 Å². The number of carbonyl (C=O) groups excluding carboxylic acids is 1. The first kappa shape index (κ1) is 21.6. The van der Waals surface area contributed by atoms with Gasteiger partial charge in [-0.15, -0.1) is 10.2 Å². The van der Waals surface area contributed by atoms with Crippen molar-refractivity contribution < 1.29 is 9.53 Å². The third-order valence-corrected chi connectivity index (χ3v) is 6.11. The average Bonchev–Trinajstić information content (AvgIpc) is 3.28. The highest BCUT2D eigenvalue weighted by Crippen LogP contribution is 2.37. The highest BCUT2D eigenvalue weighted by atomic mass is 32.2. The van der Waals surface area contributed by atoms with Gasteiger partial charge >= 0.3 is 0 Å². The first-order valence-corrected chi connectivity index (χ1v) is 11.3. The summed E-state index contributed by atoms with van der Waals surface area (Å²) in [6.45, 7) is 4.47. The van der Waals surface area contributed by atoms with Crippen molar-refractivity contribution in [2.45, 2.75) is 24.3 Å². The Balaban J connectivity index is 1.66. The van der Waals surface area contributed by atoms with Gasteiger partial charge in [-0.25, -0.2) is 0 Å². The summed E-state index contributed by atoms with van der Waals surface area (Å²) < 4.78 is 7.59. The lowest BCUT2D eigenvalue weighted by Gasteiger charge is -2.18. The molecule has 0 spiro atoms. The molecule has 3 aromatic carbocycles. The fraction of sp³-hybridized carbons (Fsp3) is 0.160. The maximum atomic E-state index is 13.5. The van der Waals surface area contributed by atoms with Crippen LogP contribution < -0.4 is 10.1 Å². The second-order valence-electron chi connectivity index (χ2n) is 7.10. The van der Waals surface area contributed by atoms with Crippen LogP contribution in [-0.2, 0) is 4.79 Å². The van der Waals surface area contributed by atoms with E-state index in [1.165, 1.54) is 11.8 Å². The molecule has 1 aromatic heterocycles. The van der Waals surface area contributed by atoms with Crippen LogP contribution in [0.5, 0.6) is 5.75 Å². The molecule has 0 bridgehead atoms. The summed E-state index contributed by atoms with van der Waals surface area (Å²) in [5, 5.41) is 11.6. The topological polar surface area (TPSA) is 69.0 Å². The van der Waals surface area contributed by atoms with Gasteiger partial charge in [0.15, 0.2) is 5.16 Å². The standard InChI is InChI=1S/C25H24N4O2S/c1-3-31-22-16-10-8-14-20(22)27-24(30)23(19-12-5-4-6-13-19)32-25-28-26-17-29(25)21-15-9-7-11-18(21)2/h4-17,23H,3H2,1-2H3,(H,27,30). The number of nitrogens with one attached hydrogen (secondary N) is 1. The SMILES string of the molecule is CCOc1ccccc1NC(=O)C(Sc1nncn1-c1ccccc1C)c1ccccc1. The average molecular weight is 445 g/mol. The number of ether oxygens (including phenoxy) is 1. The van der Waals surface area contributed by atoms with Crippen molar-refractivity contribution in [1.29, 1.82) is 0 Å². The minimum absolute atomic E-state index is 0.160. The van der Waals surface area contributed by atoms with Crippen LogP contribution in [0.25, 0.3) is 5.69 Å². The Kier molecular flexibility index (Phi) is 6.87. The molecule has 0 aliphatic carbocycles. The van der Waals surface area contributed by atoms with Crippen LogP contribution in [0.1, 0.15) is 23.3 Å². The third-order valence-electron chi connectivity index (χ3n) is 4.90. The van der Waals surface area contributed by atoms with E-state index in [0.29, 0.717) is 23.2 Å². The number of nitrogens with zero attached hydrogens (tertiary/aromatic N) is 3. The highest BCUT2D eigenvalue weighted by molar-refractivity contribution is 8.00. The summed E-state index contributed by atoms with van der Waals surface area (Å²) in [6.07, 6.45) is 1.68. The number of thioether (sulfide) groups is 1. The monoisotopic (exact) mass is 444 g/mol. The molecule has 0 aliphatic heterocycles. The molecule has 162 valence electrons. The molecule has 1 N–H and O–H groups in total. The van der Waals surface area contributed by atoms with Gasteiger partial charge in [0.1, 0.15) is 17.3 Å². The number of amides is 1.